The molecular weight excluding hydrogens is 497 g/mol. The van der Waals surface area contributed by atoms with Crippen molar-refractivity contribution in [2.75, 3.05) is 33.4 Å². The molecule has 1 aromatic rings. The van der Waals surface area contributed by atoms with E-state index in [1.165, 1.54) is 11.1 Å². The van der Waals surface area contributed by atoms with Crippen molar-refractivity contribution in [3.63, 3.8) is 0 Å². The van der Waals surface area contributed by atoms with Crippen molar-refractivity contribution >= 4 is 29.4 Å². The van der Waals surface area contributed by atoms with Crippen molar-refractivity contribution in [1.82, 2.24) is 25.1 Å². The molecule has 1 N–H and O–H groups in total. The van der Waals surface area contributed by atoms with Crippen LogP contribution in [0.25, 0.3) is 0 Å². The summed E-state index contributed by atoms with van der Waals surface area (Å²) in [5, 5.41) is 6.52. The van der Waals surface area contributed by atoms with Crippen LogP contribution in [0.4, 0.5) is 9.18 Å². The van der Waals surface area contributed by atoms with E-state index in [0.717, 1.165) is 18.4 Å². The Morgan fingerprint density at radius 2 is 2.11 bits per heavy atom. The van der Waals surface area contributed by atoms with Gasteiger partial charge < -0.3 is 15.1 Å². The minimum Gasteiger partial charge on any atom is -0.333 e. The molecule has 8 nitrogen and oxygen atoms in total. The van der Waals surface area contributed by atoms with Gasteiger partial charge in [0.15, 0.2) is 0 Å². The number of carbonyl (C=O) groups is 3. The largest absolute Gasteiger partial charge is 0.334 e. The molecule has 2 heterocycles. The third-order valence-electron chi connectivity index (χ3n) is 6.44. The van der Waals surface area contributed by atoms with E-state index in [-0.39, 0.29) is 31.4 Å². The minimum atomic E-state index is -0.668. The topological polar surface area (TPSA) is 76.2 Å². The molecule has 0 aromatic heterocycles. The van der Waals surface area contributed by atoms with Gasteiger partial charge in [-0.05, 0) is 29.7 Å². The summed E-state index contributed by atoms with van der Waals surface area (Å²) >= 11 is 6.16. The van der Waals surface area contributed by atoms with Gasteiger partial charge in [0.2, 0.25) is 11.8 Å². The highest BCUT2D eigenvalue weighted by Gasteiger charge is 2.50. The van der Waals surface area contributed by atoms with Crippen molar-refractivity contribution in [1.29, 1.82) is 0 Å². The van der Waals surface area contributed by atoms with Gasteiger partial charge in [-0.25, -0.2) is 19.2 Å². The molecule has 0 saturated carbocycles. The van der Waals surface area contributed by atoms with Crippen molar-refractivity contribution < 1.29 is 18.8 Å². The number of amides is 4. The first kappa shape index (κ1) is 28.4. The van der Waals surface area contributed by atoms with Crippen LogP contribution in [0.1, 0.15) is 31.7 Å². The predicted octanol–water partition coefficient (Wildman–Crippen LogP) is 3.91. The molecule has 200 valence electrons. The molecule has 2 fully saturated rings. The first-order valence-corrected chi connectivity index (χ1v) is 12.8. The zero-order valence-electron chi connectivity index (χ0n) is 21.4. The van der Waals surface area contributed by atoms with E-state index in [1.807, 2.05) is 25.1 Å². The van der Waals surface area contributed by atoms with E-state index < -0.39 is 24.9 Å². The second kappa shape index (κ2) is 13.4. The number of hydrogen-bond acceptors (Lipinski definition) is 4. The molecule has 10 heteroatoms. The van der Waals surface area contributed by atoms with Crippen LogP contribution >= 0.6 is 11.6 Å². The number of nitrogens with one attached hydrogen (secondary N) is 1. The molecule has 2 aliphatic heterocycles. The first-order valence-electron chi connectivity index (χ1n) is 12.5. The van der Waals surface area contributed by atoms with E-state index >= 15 is 0 Å². The maximum absolute atomic E-state index is 13.6. The lowest BCUT2D eigenvalue weighted by Gasteiger charge is -2.54. The van der Waals surface area contributed by atoms with Crippen molar-refractivity contribution in [2.45, 2.75) is 44.9 Å². The zero-order chi connectivity index (χ0) is 26.9. The summed E-state index contributed by atoms with van der Waals surface area (Å²) in [6.45, 7) is 5.68. The zero-order valence-corrected chi connectivity index (χ0v) is 22.2. The normalized spacial score (nSPS) is 21.0. The number of hydrogen-bond donors (Lipinski definition) is 1. The number of rotatable bonds is 10. The van der Waals surface area contributed by atoms with Crippen LogP contribution in [0.3, 0.4) is 0 Å². The number of hydrazine groups is 1. The first-order chi connectivity index (χ1) is 17.8. The monoisotopic (exact) mass is 531 g/mol. The molecule has 0 aliphatic carbocycles. The molecule has 4 amide bonds. The maximum Gasteiger partial charge on any atom is 0.334 e. The van der Waals surface area contributed by atoms with Gasteiger partial charge in [-0.15, -0.1) is 0 Å². The molecule has 37 heavy (non-hydrogen) atoms. The van der Waals surface area contributed by atoms with Crippen LogP contribution in [0.15, 0.2) is 60.7 Å². The fourth-order valence-electron chi connectivity index (χ4n) is 4.76. The molecule has 0 radical (unpaired) electrons. The van der Waals surface area contributed by atoms with Gasteiger partial charge >= 0.3 is 6.03 Å². The second-order valence-electron chi connectivity index (χ2n) is 9.14. The Balaban J connectivity index is 1.88. The summed E-state index contributed by atoms with van der Waals surface area (Å²) in [6, 6.07) is 6.24. The highest BCUT2D eigenvalue weighted by atomic mass is 35.5. The van der Waals surface area contributed by atoms with Crippen LogP contribution in [0, 0.1) is 0 Å². The molecule has 2 aliphatic rings. The van der Waals surface area contributed by atoms with E-state index in [9.17, 15) is 18.8 Å². The number of nitrogens with zero attached hydrogens (tertiary/aromatic N) is 4. The van der Waals surface area contributed by atoms with E-state index in [2.05, 4.69) is 11.9 Å². The van der Waals surface area contributed by atoms with Gasteiger partial charge in [-0.1, -0.05) is 74.4 Å². The Bertz CT molecular complexity index is 1060. The van der Waals surface area contributed by atoms with Gasteiger partial charge in [-0.3, -0.25) is 9.59 Å². The number of unbranched alkanes of at least 4 members (excludes halogenated alkanes) is 1. The fourth-order valence-corrected chi connectivity index (χ4v) is 4.97. The summed E-state index contributed by atoms with van der Waals surface area (Å²) in [5.74, 6) is -0.318. The number of piperazine rings is 1. The number of alkyl halides is 1. The third-order valence-corrected chi connectivity index (χ3v) is 6.67. The molecule has 2 saturated heterocycles. The predicted molar refractivity (Wildman–Crippen MR) is 142 cm³/mol. The van der Waals surface area contributed by atoms with Gasteiger partial charge in [0, 0.05) is 25.2 Å². The molecule has 3 rings (SSSR count). The molecular formula is C27H35ClFN5O3. The van der Waals surface area contributed by atoms with Gasteiger partial charge in [0.05, 0.1) is 13.1 Å². The Labute approximate surface area is 223 Å². The maximum atomic E-state index is 13.6. The van der Waals surface area contributed by atoms with Crippen molar-refractivity contribution in [3.8, 4) is 0 Å². The summed E-state index contributed by atoms with van der Waals surface area (Å²) < 4.78 is 12.6. The van der Waals surface area contributed by atoms with E-state index in [4.69, 9.17) is 11.6 Å². The average molecular weight is 532 g/mol. The number of allylic oxidation sites excluding steroid dienone is 3. The third kappa shape index (κ3) is 6.99. The highest BCUT2D eigenvalue weighted by molar-refractivity contribution is 6.30. The Hall–Kier alpha value is -3.17. The highest BCUT2D eigenvalue weighted by Crippen LogP contribution is 2.29. The number of halogens is 2. The summed E-state index contributed by atoms with van der Waals surface area (Å²) in [7, 11) is 1.68. The van der Waals surface area contributed by atoms with Gasteiger partial charge in [0.25, 0.3) is 0 Å². The minimum absolute atomic E-state index is 0.0226. The molecule has 2 atom stereocenters. The van der Waals surface area contributed by atoms with Crippen LogP contribution in [0.5, 0.6) is 0 Å². The standard InChI is InChI=1S/C27H35ClFN5O3/c1-4-6-13-23-26(36)32(17-21-10-7-12-22(28)15-21)18-24-33(23)25(35)19-31(3)34(24)27(37)30-16-20(9-5-2)11-8-14-29/h5,7-12,15,23-24H,2,4,6,13-14,16-19H2,1,3H3,(H,30,37)/b11-8-,20-9+/t23-,24?/m0/s1. The number of carbonyl (C=O) groups excluding carboxylic acids is 3. The van der Waals surface area contributed by atoms with E-state index in [1.54, 1.807) is 46.2 Å². The summed E-state index contributed by atoms with van der Waals surface area (Å²) in [6.07, 6.45) is 7.70. The van der Waals surface area contributed by atoms with Crippen molar-refractivity contribution in [2.24, 2.45) is 0 Å². The second-order valence-corrected chi connectivity index (χ2v) is 9.58. The molecule has 0 bridgehead atoms. The summed E-state index contributed by atoms with van der Waals surface area (Å²) in [5.41, 5.74) is 1.55. The number of likely N-dealkylation sites (N-methyl/N-ethyl adjacent to an activating group) is 1. The molecule has 1 unspecified atom stereocenters. The van der Waals surface area contributed by atoms with Crippen LogP contribution < -0.4 is 5.32 Å². The van der Waals surface area contributed by atoms with Crippen molar-refractivity contribution in [3.05, 3.63) is 71.3 Å². The summed E-state index contributed by atoms with van der Waals surface area (Å²) in [4.78, 5) is 43.5. The van der Waals surface area contributed by atoms with E-state index in [0.29, 0.717) is 23.6 Å². The lowest BCUT2D eigenvalue weighted by molar-refractivity contribution is -0.188. The lowest BCUT2D eigenvalue weighted by atomic mass is 10.0. The van der Waals surface area contributed by atoms with Gasteiger partial charge in [0.1, 0.15) is 18.9 Å². The average Bonchev–Trinajstić information content (AvgIpc) is 2.86. The number of fused-ring (bicyclic) bond motifs is 1. The SMILES string of the molecule is C=C/C=C(\C=C/CF)CNC(=O)N1C2CN(Cc3cccc(Cl)c3)C(=O)[C@H](CCCC)N2C(=O)CN1C. The van der Waals surface area contributed by atoms with Gasteiger partial charge in [-0.2, -0.15) is 0 Å². The lowest BCUT2D eigenvalue weighted by Crippen LogP contribution is -2.75. The fraction of sp³-hybridized carbons (Fsp3) is 0.444. The number of urea groups is 1. The molecule has 1 aromatic carbocycles. The van der Waals surface area contributed by atoms with Crippen LogP contribution in [0.2, 0.25) is 5.02 Å². The Morgan fingerprint density at radius 1 is 1.32 bits per heavy atom. The molecule has 0 spiro atoms. The quantitative estimate of drug-likeness (QED) is 0.465. The smallest absolute Gasteiger partial charge is 0.333 e. The Morgan fingerprint density at radius 3 is 2.78 bits per heavy atom. The van der Waals surface area contributed by atoms with Crippen LogP contribution in [-0.2, 0) is 16.1 Å². The van der Waals surface area contributed by atoms with Crippen LogP contribution in [-0.4, -0.2) is 83.2 Å². The number of benzene rings is 1. The Kier molecular flexibility index (Phi) is 10.3.